The molecule has 0 atom stereocenters. The van der Waals surface area contributed by atoms with Gasteiger partial charge in [0.2, 0.25) is 12.2 Å². The predicted molar refractivity (Wildman–Crippen MR) is 63.6 cm³/mol. The van der Waals surface area contributed by atoms with E-state index in [9.17, 15) is 19.7 Å². The van der Waals surface area contributed by atoms with Crippen LogP contribution in [0.4, 0.5) is 5.95 Å². The number of likely N-dealkylation sites (tertiary alicyclic amines) is 1. The molecule has 0 unspecified atom stereocenters. The number of amides is 1. The lowest BCUT2D eigenvalue weighted by molar-refractivity contribution is -0.394. The molecule has 1 aromatic rings. The molecule has 1 aliphatic rings. The predicted octanol–water partition coefficient (Wildman–Crippen LogP) is -0.491. The monoisotopic (exact) mass is 283 g/mol. The fraction of sp³-hybridized carbons (Fsp3) is 0.600. The maximum absolute atomic E-state index is 11.9. The number of rotatable bonds is 4. The van der Waals surface area contributed by atoms with Crippen LogP contribution in [0.5, 0.6) is 0 Å². The smallest absolute Gasteiger partial charge is 0.481 e. The van der Waals surface area contributed by atoms with Gasteiger partial charge in [-0.3, -0.25) is 9.59 Å². The number of aromatic nitrogens is 3. The Morgan fingerprint density at radius 2 is 2.10 bits per heavy atom. The molecular formula is C10H13N5O5. The number of carboxylic acids is 1. The molecule has 0 radical (unpaired) electrons. The van der Waals surface area contributed by atoms with Crippen LogP contribution in [-0.2, 0) is 16.1 Å². The van der Waals surface area contributed by atoms with Crippen LogP contribution in [0.15, 0.2) is 6.33 Å². The van der Waals surface area contributed by atoms with E-state index >= 15 is 0 Å². The lowest BCUT2D eigenvalue weighted by Gasteiger charge is -2.29. The number of hydrogen-bond donors (Lipinski definition) is 1. The molecule has 20 heavy (non-hydrogen) atoms. The molecule has 108 valence electrons. The summed E-state index contributed by atoms with van der Waals surface area (Å²) in [4.78, 5) is 37.4. The van der Waals surface area contributed by atoms with Gasteiger partial charge in [-0.05, 0) is 17.8 Å². The molecule has 1 amide bonds. The first-order chi connectivity index (χ1) is 9.47. The summed E-state index contributed by atoms with van der Waals surface area (Å²) >= 11 is 0. The number of nitro groups is 1. The van der Waals surface area contributed by atoms with E-state index in [4.69, 9.17) is 5.11 Å². The fourth-order valence-corrected chi connectivity index (χ4v) is 2.06. The van der Waals surface area contributed by atoms with Gasteiger partial charge < -0.3 is 20.1 Å². The Hall–Kier alpha value is -2.52. The van der Waals surface area contributed by atoms with Crippen molar-refractivity contribution in [3.05, 3.63) is 16.4 Å². The number of nitrogens with zero attached hydrogens (tertiary/aromatic N) is 5. The van der Waals surface area contributed by atoms with Crippen molar-refractivity contribution in [3.8, 4) is 0 Å². The van der Waals surface area contributed by atoms with Crippen LogP contribution < -0.4 is 0 Å². The average molecular weight is 283 g/mol. The van der Waals surface area contributed by atoms with Crippen molar-refractivity contribution < 1.29 is 19.6 Å². The van der Waals surface area contributed by atoms with E-state index < -0.39 is 22.8 Å². The van der Waals surface area contributed by atoms with Crippen LogP contribution in [0.1, 0.15) is 12.8 Å². The molecule has 1 saturated heterocycles. The molecular weight excluding hydrogens is 270 g/mol. The highest BCUT2D eigenvalue weighted by Crippen LogP contribution is 2.17. The molecule has 0 aliphatic carbocycles. The summed E-state index contributed by atoms with van der Waals surface area (Å²) in [5.41, 5.74) is 0. The molecule has 1 N–H and O–H groups in total. The fourth-order valence-electron chi connectivity index (χ4n) is 2.06. The van der Waals surface area contributed by atoms with Crippen LogP contribution >= 0.6 is 0 Å². The van der Waals surface area contributed by atoms with E-state index in [0.717, 1.165) is 11.0 Å². The normalized spacial score (nSPS) is 16.1. The van der Waals surface area contributed by atoms with Crippen molar-refractivity contribution in [1.82, 2.24) is 19.7 Å². The summed E-state index contributed by atoms with van der Waals surface area (Å²) < 4.78 is 1.10. The third-order valence-corrected chi connectivity index (χ3v) is 3.18. The third kappa shape index (κ3) is 3.08. The Morgan fingerprint density at radius 3 is 2.60 bits per heavy atom. The molecule has 1 aliphatic heterocycles. The lowest BCUT2D eigenvalue weighted by atomic mass is 9.97. The van der Waals surface area contributed by atoms with Gasteiger partial charge in [-0.1, -0.05) is 4.98 Å². The Morgan fingerprint density at radius 1 is 1.45 bits per heavy atom. The van der Waals surface area contributed by atoms with Crippen LogP contribution in [-0.4, -0.2) is 54.7 Å². The summed E-state index contributed by atoms with van der Waals surface area (Å²) in [5.74, 6) is -2.06. The lowest BCUT2D eigenvalue weighted by Crippen LogP contribution is -2.41. The average Bonchev–Trinajstić information content (AvgIpc) is 2.87. The van der Waals surface area contributed by atoms with Gasteiger partial charge in [0.1, 0.15) is 6.54 Å². The Bertz CT molecular complexity index is 534. The zero-order valence-corrected chi connectivity index (χ0v) is 10.5. The molecule has 0 saturated carbocycles. The first-order valence-electron chi connectivity index (χ1n) is 6.02. The SMILES string of the molecule is O=C(O)C1CCN(C(=O)Cn2cnc([N+](=O)[O-])n2)CC1. The Kier molecular flexibility index (Phi) is 3.91. The number of hydrogen-bond acceptors (Lipinski definition) is 6. The topological polar surface area (TPSA) is 131 Å². The minimum Gasteiger partial charge on any atom is -0.481 e. The van der Waals surface area contributed by atoms with Crippen molar-refractivity contribution in [2.45, 2.75) is 19.4 Å². The minimum absolute atomic E-state index is 0.140. The second-order valence-electron chi connectivity index (χ2n) is 4.49. The van der Waals surface area contributed by atoms with Gasteiger partial charge in [0.15, 0.2) is 0 Å². The van der Waals surface area contributed by atoms with Gasteiger partial charge in [0, 0.05) is 18.2 Å². The molecule has 2 heterocycles. The molecule has 0 spiro atoms. The summed E-state index contributed by atoms with van der Waals surface area (Å²) in [5, 5.41) is 22.8. The van der Waals surface area contributed by atoms with E-state index in [1.54, 1.807) is 0 Å². The number of piperidine rings is 1. The summed E-state index contributed by atoms with van der Waals surface area (Å²) in [7, 11) is 0. The van der Waals surface area contributed by atoms with Crippen LogP contribution in [0.2, 0.25) is 0 Å². The molecule has 0 aromatic carbocycles. The van der Waals surface area contributed by atoms with Crippen molar-refractivity contribution in [3.63, 3.8) is 0 Å². The minimum atomic E-state index is -0.844. The zero-order valence-electron chi connectivity index (χ0n) is 10.5. The number of aliphatic carboxylic acids is 1. The quantitative estimate of drug-likeness (QED) is 0.582. The zero-order chi connectivity index (χ0) is 14.7. The van der Waals surface area contributed by atoms with E-state index in [1.165, 1.54) is 4.90 Å². The molecule has 10 nitrogen and oxygen atoms in total. The number of carboxylic acid groups (broad SMARTS) is 1. The largest absolute Gasteiger partial charge is 0.490 e. The van der Waals surface area contributed by atoms with E-state index in [2.05, 4.69) is 10.1 Å². The Balaban J connectivity index is 1.89. The van der Waals surface area contributed by atoms with Crippen molar-refractivity contribution in [1.29, 1.82) is 0 Å². The second kappa shape index (κ2) is 5.63. The molecule has 1 aromatic heterocycles. The van der Waals surface area contributed by atoms with Gasteiger partial charge in [0.25, 0.3) is 0 Å². The highest BCUT2D eigenvalue weighted by molar-refractivity contribution is 5.76. The van der Waals surface area contributed by atoms with Gasteiger partial charge >= 0.3 is 11.9 Å². The number of carbonyl (C=O) groups excluding carboxylic acids is 1. The molecule has 0 bridgehead atoms. The second-order valence-corrected chi connectivity index (χ2v) is 4.49. The molecule has 2 rings (SSSR count). The van der Waals surface area contributed by atoms with Crippen molar-refractivity contribution in [2.75, 3.05) is 13.1 Å². The molecule has 1 fully saturated rings. The van der Waals surface area contributed by atoms with Crippen molar-refractivity contribution >= 4 is 17.8 Å². The van der Waals surface area contributed by atoms with Crippen LogP contribution in [0.3, 0.4) is 0 Å². The number of carbonyl (C=O) groups is 2. The van der Waals surface area contributed by atoms with E-state index in [0.29, 0.717) is 25.9 Å². The van der Waals surface area contributed by atoms with E-state index in [1.807, 2.05) is 0 Å². The van der Waals surface area contributed by atoms with E-state index in [-0.39, 0.29) is 12.5 Å². The Labute approximate surface area is 113 Å². The van der Waals surface area contributed by atoms with Crippen LogP contribution in [0, 0.1) is 16.0 Å². The van der Waals surface area contributed by atoms with Gasteiger partial charge in [-0.25, -0.2) is 0 Å². The highest BCUT2D eigenvalue weighted by Gasteiger charge is 2.27. The standard InChI is InChI=1S/C10H13N5O5/c16-8(5-14-6-11-10(12-14)15(19)20)13-3-1-7(2-4-13)9(17)18/h6-7H,1-5H2,(H,17,18). The molecule has 10 heteroatoms. The van der Waals surface area contributed by atoms with Gasteiger partial charge in [0.05, 0.1) is 5.92 Å². The van der Waals surface area contributed by atoms with Gasteiger partial charge in [-0.2, -0.15) is 4.68 Å². The maximum Gasteiger partial charge on any atom is 0.490 e. The summed E-state index contributed by atoms with van der Waals surface area (Å²) in [6.07, 6.45) is 1.96. The third-order valence-electron chi connectivity index (χ3n) is 3.18. The summed E-state index contributed by atoms with van der Waals surface area (Å²) in [6, 6.07) is 0. The van der Waals surface area contributed by atoms with Crippen LogP contribution in [0.25, 0.3) is 0 Å². The first kappa shape index (κ1) is 13.9. The van der Waals surface area contributed by atoms with Gasteiger partial charge in [-0.15, -0.1) is 0 Å². The summed E-state index contributed by atoms with van der Waals surface area (Å²) in [6.45, 7) is 0.595. The van der Waals surface area contributed by atoms with Crippen molar-refractivity contribution in [2.24, 2.45) is 5.92 Å². The first-order valence-corrected chi connectivity index (χ1v) is 6.02. The highest BCUT2D eigenvalue weighted by atomic mass is 16.6. The maximum atomic E-state index is 11.9.